The molecule has 1 fully saturated rings. The average Bonchev–Trinajstić information content (AvgIpc) is 2.42. The summed E-state index contributed by atoms with van der Waals surface area (Å²) >= 11 is 6.03. The number of halogens is 1. The topological polar surface area (TPSA) is 61.8 Å². The molecule has 1 aromatic rings. The van der Waals surface area contributed by atoms with E-state index in [0.29, 0.717) is 29.5 Å². The van der Waals surface area contributed by atoms with Gasteiger partial charge < -0.3 is 20.1 Å². The van der Waals surface area contributed by atoms with Crippen LogP contribution in [0.1, 0.15) is 18.4 Å². The number of rotatable bonds is 2. The van der Waals surface area contributed by atoms with E-state index < -0.39 is 6.10 Å². The van der Waals surface area contributed by atoms with Crippen molar-refractivity contribution in [2.75, 3.05) is 25.5 Å². The van der Waals surface area contributed by atoms with Crippen molar-refractivity contribution in [2.24, 2.45) is 0 Å². The van der Waals surface area contributed by atoms with Gasteiger partial charge >= 0.3 is 6.03 Å². The predicted octanol–water partition coefficient (Wildman–Crippen LogP) is 2.65. The molecule has 0 saturated carbocycles. The Kier molecular flexibility index (Phi) is 4.73. The smallest absolute Gasteiger partial charge is 0.322 e. The van der Waals surface area contributed by atoms with Gasteiger partial charge in [0.15, 0.2) is 0 Å². The lowest BCUT2D eigenvalue weighted by Gasteiger charge is -2.30. The summed E-state index contributed by atoms with van der Waals surface area (Å²) in [5, 5.41) is 13.0. The maximum atomic E-state index is 12.2. The first-order valence-electron chi connectivity index (χ1n) is 6.59. The molecule has 0 spiro atoms. The standard InChI is InChI=1S/C14H19ClN2O3/c1-9-6-12(13(20-2)7-11(9)15)16-14(19)17-5-3-4-10(18)8-17/h6-7,10,18H,3-5,8H2,1-2H3,(H,16,19). The van der Waals surface area contributed by atoms with E-state index in [-0.39, 0.29) is 6.03 Å². The van der Waals surface area contributed by atoms with E-state index >= 15 is 0 Å². The second-order valence-corrected chi connectivity index (χ2v) is 5.38. The Labute approximate surface area is 123 Å². The lowest BCUT2D eigenvalue weighted by molar-refractivity contribution is 0.0883. The van der Waals surface area contributed by atoms with Crippen molar-refractivity contribution < 1.29 is 14.6 Å². The average molecular weight is 299 g/mol. The number of ether oxygens (including phenoxy) is 1. The van der Waals surface area contributed by atoms with Crippen LogP contribution in [-0.2, 0) is 0 Å². The number of likely N-dealkylation sites (tertiary alicyclic amines) is 1. The highest BCUT2D eigenvalue weighted by Gasteiger charge is 2.22. The Morgan fingerprint density at radius 3 is 2.95 bits per heavy atom. The number of nitrogens with zero attached hydrogens (tertiary/aromatic N) is 1. The first-order chi connectivity index (χ1) is 9.51. The van der Waals surface area contributed by atoms with Crippen molar-refractivity contribution in [1.82, 2.24) is 4.90 Å². The van der Waals surface area contributed by atoms with E-state index in [9.17, 15) is 9.90 Å². The molecule has 20 heavy (non-hydrogen) atoms. The molecule has 1 saturated heterocycles. The Hall–Kier alpha value is -1.46. The minimum absolute atomic E-state index is 0.233. The lowest BCUT2D eigenvalue weighted by atomic mass is 10.1. The number of amides is 2. The molecule has 110 valence electrons. The summed E-state index contributed by atoms with van der Waals surface area (Å²) in [5.74, 6) is 0.520. The van der Waals surface area contributed by atoms with E-state index in [0.717, 1.165) is 18.4 Å². The molecule has 0 bridgehead atoms. The molecule has 1 aliphatic rings. The zero-order valence-electron chi connectivity index (χ0n) is 11.6. The van der Waals surface area contributed by atoms with Gasteiger partial charge in [-0.05, 0) is 31.4 Å². The molecule has 1 unspecified atom stereocenters. The highest BCUT2D eigenvalue weighted by molar-refractivity contribution is 6.31. The highest BCUT2D eigenvalue weighted by Crippen LogP contribution is 2.31. The summed E-state index contributed by atoms with van der Waals surface area (Å²) in [4.78, 5) is 13.8. The third-order valence-corrected chi connectivity index (χ3v) is 3.81. The number of carbonyl (C=O) groups is 1. The van der Waals surface area contributed by atoms with E-state index in [4.69, 9.17) is 16.3 Å². The van der Waals surface area contributed by atoms with Crippen LogP contribution in [0.15, 0.2) is 12.1 Å². The quantitative estimate of drug-likeness (QED) is 0.882. The number of nitrogens with one attached hydrogen (secondary N) is 1. The number of methoxy groups -OCH3 is 1. The van der Waals surface area contributed by atoms with Gasteiger partial charge in [-0.3, -0.25) is 0 Å². The number of piperidine rings is 1. The number of aliphatic hydroxyl groups is 1. The fourth-order valence-electron chi connectivity index (χ4n) is 2.26. The van der Waals surface area contributed by atoms with Gasteiger partial charge in [0.25, 0.3) is 0 Å². The van der Waals surface area contributed by atoms with E-state index in [1.54, 1.807) is 17.0 Å². The summed E-state index contributed by atoms with van der Waals surface area (Å²) in [5.41, 5.74) is 1.45. The molecule has 1 aromatic carbocycles. The molecule has 2 N–H and O–H groups in total. The van der Waals surface area contributed by atoms with Gasteiger partial charge in [-0.25, -0.2) is 4.79 Å². The van der Waals surface area contributed by atoms with Crippen molar-refractivity contribution in [3.8, 4) is 5.75 Å². The molecule has 1 atom stereocenters. The molecule has 0 radical (unpaired) electrons. The highest BCUT2D eigenvalue weighted by atomic mass is 35.5. The molecule has 2 amide bonds. The van der Waals surface area contributed by atoms with Gasteiger partial charge in [0.1, 0.15) is 5.75 Å². The van der Waals surface area contributed by atoms with Crippen LogP contribution in [0.25, 0.3) is 0 Å². The van der Waals surface area contributed by atoms with Gasteiger partial charge in [0.2, 0.25) is 0 Å². The number of hydrogen-bond acceptors (Lipinski definition) is 3. The van der Waals surface area contributed by atoms with Gasteiger partial charge in [0, 0.05) is 24.2 Å². The van der Waals surface area contributed by atoms with E-state index in [1.165, 1.54) is 7.11 Å². The fourth-order valence-corrected chi connectivity index (χ4v) is 2.42. The Morgan fingerprint density at radius 2 is 2.30 bits per heavy atom. The van der Waals surface area contributed by atoms with Crippen LogP contribution in [-0.4, -0.2) is 42.3 Å². The van der Waals surface area contributed by atoms with Gasteiger partial charge in [-0.2, -0.15) is 0 Å². The third kappa shape index (κ3) is 3.35. The van der Waals surface area contributed by atoms with Crippen LogP contribution in [0.5, 0.6) is 5.75 Å². The van der Waals surface area contributed by atoms with Gasteiger partial charge in [0.05, 0.1) is 18.9 Å². The second kappa shape index (κ2) is 6.33. The van der Waals surface area contributed by atoms with Crippen molar-refractivity contribution >= 4 is 23.3 Å². The monoisotopic (exact) mass is 298 g/mol. The van der Waals surface area contributed by atoms with Crippen LogP contribution in [0.4, 0.5) is 10.5 Å². The summed E-state index contributed by atoms with van der Waals surface area (Å²) in [6, 6.07) is 3.22. The molecular weight excluding hydrogens is 280 g/mol. The van der Waals surface area contributed by atoms with Crippen LogP contribution < -0.4 is 10.1 Å². The van der Waals surface area contributed by atoms with E-state index in [1.807, 2.05) is 6.92 Å². The summed E-state index contributed by atoms with van der Waals surface area (Å²) < 4.78 is 5.22. The molecule has 5 nitrogen and oxygen atoms in total. The van der Waals surface area contributed by atoms with Crippen LogP contribution in [0.3, 0.4) is 0 Å². The molecule has 1 heterocycles. The van der Waals surface area contributed by atoms with Gasteiger partial charge in [-0.1, -0.05) is 11.6 Å². The molecule has 0 aliphatic carbocycles. The number of benzene rings is 1. The molecule has 1 aliphatic heterocycles. The van der Waals surface area contributed by atoms with E-state index in [2.05, 4.69) is 5.32 Å². The first-order valence-corrected chi connectivity index (χ1v) is 6.97. The molecular formula is C14H19ClN2O3. The lowest BCUT2D eigenvalue weighted by Crippen LogP contribution is -2.44. The van der Waals surface area contributed by atoms with Crippen LogP contribution >= 0.6 is 11.6 Å². The number of β-amino-alcohol motifs (C(OH)–C–C–N with tert-alkyl or cyclic N) is 1. The Bertz CT molecular complexity index is 507. The molecule has 6 heteroatoms. The zero-order chi connectivity index (χ0) is 14.7. The van der Waals surface area contributed by atoms with Crippen molar-refractivity contribution in [3.63, 3.8) is 0 Å². The number of carbonyl (C=O) groups excluding carboxylic acids is 1. The Balaban J connectivity index is 2.12. The number of urea groups is 1. The zero-order valence-corrected chi connectivity index (χ0v) is 12.4. The number of anilines is 1. The van der Waals surface area contributed by atoms with Crippen LogP contribution in [0, 0.1) is 6.92 Å². The van der Waals surface area contributed by atoms with Crippen molar-refractivity contribution in [2.45, 2.75) is 25.9 Å². The third-order valence-electron chi connectivity index (χ3n) is 3.41. The normalized spacial score (nSPS) is 18.8. The summed E-state index contributed by atoms with van der Waals surface area (Å²) in [6.07, 6.45) is 1.11. The predicted molar refractivity (Wildman–Crippen MR) is 78.6 cm³/mol. The second-order valence-electron chi connectivity index (χ2n) is 4.97. The summed E-state index contributed by atoms with van der Waals surface area (Å²) in [7, 11) is 1.53. The Morgan fingerprint density at radius 1 is 1.55 bits per heavy atom. The maximum absolute atomic E-state index is 12.2. The number of aryl methyl sites for hydroxylation is 1. The SMILES string of the molecule is COc1cc(Cl)c(C)cc1NC(=O)N1CCCC(O)C1. The molecule has 0 aromatic heterocycles. The minimum Gasteiger partial charge on any atom is -0.495 e. The first kappa shape index (κ1) is 14.9. The van der Waals surface area contributed by atoms with Crippen LogP contribution in [0.2, 0.25) is 5.02 Å². The van der Waals surface area contributed by atoms with Crippen molar-refractivity contribution in [3.05, 3.63) is 22.7 Å². The minimum atomic E-state index is -0.441. The van der Waals surface area contributed by atoms with Gasteiger partial charge in [-0.15, -0.1) is 0 Å². The maximum Gasteiger partial charge on any atom is 0.322 e. The van der Waals surface area contributed by atoms with Crippen molar-refractivity contribution in [1.29, 1.82) is 0 Å². The number of aliphatic hydroxyl groups excluding tert-OH is 1. The largest absolute Gasteiger partial charge is 0.495 e. The molecule has 2 rings (SSSR count). The summed E-state index contributed by atoms with van der Waals surface area (Å²) in [6.45, 7) is 2.88. The number of hydrogen-bond donors (Lipinski definition) is 2. The fraction of sp³-hybridized carbons (Fsp3) is 0.500.